The first-order chi connectivity index (χ1) is 6.61. The Morgan fingerprint density at radius 1 is 1.50 bits per heavy atom. The minimum Gasteiger partial charge on any atom is -0.467 e. The summed E-state index contributed by atoms with van der Waals surface area (Å²) in [6.07, 6.45) is 0. The zero-order chi connectivity index (χ0) is 11.0. The molecule has 0 fully saturated rings. The molecule has 14 heavy (non-hydrogen) atoms. The fourth-order valence-corrected chi connectivity index (χ4v) is 0.767. The minimum atomic E-state index is -0.658. The fraction of sp³-hybridized carbons (Fsp3) is 0.750. The van der Waals surface area contributed by atoms with Crippen molar-refractivity contribution >= 4 is 11.9 Å². The molecule has 6 nitrogen and oxygen atoms in total. The summed E-state index contributed by atoms with van der Waals surface area (Å²) in [5.41, 5.74) is 5.15. The summed E-state index contributed by atoms with van der Waals surface area (Å²) in [6, 6.07) is -0.658. The van der Waals surface area contributed by atoms with Gasteiger partial charge in [0, 0.05) is 6.54 Å². The first kappa shape index (κ1) is 12.9. The second-order valence-electron chi connectivity index (χ2n) is 2.65. The van der Waals surface area contributed by atoms with E-state index < -0.39 is 12.0 Å². The van der Waals surface area contributed by atoms with Crippen molar-refractivity contribution in [1.82, 2.24) is 5.32 Å². The van der Waals surface area contributed by atoms with Crippen LogP contribution in [0.1, 0.15) is 6.92 Å². The number of carbonyl (C=O) groups is 2. The van der Waals surface area contributed by atoms with E-state index in [-0.39, 0.29) is 12.5 Å². The lowest BCUT2D eigenvalue weighted by molar-refractivity contribution is -0.145. The molecule has 3 N–H and O–H groups in total. The molecule has 0 spiro atoms. The van der Waals surface area contributed by atoms with Crippen molar-refractivity contribution in [2.45, 2.75) is 13.0 Å². The van der Waals surface area contributed by atoms with Gasteiger partial charge in [0.15, 0.2) is 0 Å². The number of amides is 1. The van der Waals surface area contributed by atoms with Crippen LogP contribution < -0.4 is 11.1 Å². The predicted octanol–water partition coefficient (Wildman–Crippen LogP) is -1.36. The van der Waals surface area contributed by atoms with Crippen molar-refractivity contribution in [3.63, 3.8) is 0 Å². The van der Waals surface area contributed by atoms with Crippen LogP contribution >= 0.6 is 0 Å². The molecular formula is C8H16N2O4. The van der Waals surface area contributed by atoms with E-state index in [0.29, 0.717) is 13.2 Å². The number of carbonyl (C=O) groups excluding carboxylic acids is 2. The molecule has 0 aliphatic carbocycles. The zero-order valence-corrected chi connectivity index (χ0v) is 8.41. The van der Waals surface area contributed by atoms with Gasteiger partial charge in [-0.15, -0.1) is 0 Å². The lowest BCUT2D eigenvalue weighted by Crippen LogP contribution is -2.41. The molecule has 0 rings (SSSR count). The summed E-state index contributed by atoms with van der Waals surface area (Å²) in [4.78, 5) is 21.9. The minimum absolute atomic E-state index is 0.0987. The van der Waals surface area contributed by atoms with Crippen molar-refractivity contribution in [2.75, 3.05) is 26.9 Å². The standard InChI is InChI=1S/C8H16N2O4/c1-6(8(12)13-2)10-7(11)5-14-4-3-9/h6H,3-5,9H2,1-2H3,(H,10,11). The normalized spacial score (nSPS) is 11.9. The molecule has 1 unspecified atom stereocenters. The number of esters is 1. The highest BCUT2D eigenvalue weighted by Gasteiger charge is 2.15. The second kappa shape index (κ2) is 7.28. The van der Waals surface area contributed by atoms with Gasteiger partial charge in [0.1, 0.15) is 12.6 Å². The predicted molar refractivity (Wildman–Crippen MR) is 49.5 cm³/mol. The topological polar surface area (TPSA) is 90.6 Å². The van der Waals surface area contributed by atoms with Crippen LogP contribution in [0, 0.1) is 0 Å². The van der Waals surface area contributed by atoms with E-state index in [2.05, 4.69) is 10.1 Å². The Kier molecular flexibility index (Phi) is 6.69. The van der Waals surface area contributed by atoms with Crippen molar-refractivity contribution in [1.29, 1.82) is 0 Å². The molecule has 6 heteroatoms. The van der Waals surface area contributed by atoms with E-state index >= 15 is 0 Å². The highest BCUT2D eigenvalue weighted by molar-refractivity contribution is 5.84. The third-order valence-electron chi connectivity index (χ3n) is 1.43. The van der Waals surface area contributed by atoms with E-state index in [9.17, 15) is 9.59 Å². The average Bonchev–Trinajstić information content (AvgIpc) is 2.16. The lowest BCUT2D eigenvalue weighted by Gasteiger charge is -2.11. The first-order valence-corrected chi connectivity index (χ1v) is 4.26. The Balaban J connectivity index is 3.65. The van der Waals surface area contributed by atoms with Gasteiger partial charge >= 0.3 is 5.97 Å². The van der Waals surface area contributed by atoms with Crippen LogP contribution in [-0.4, -0.2) is 44.8 Å². The summed E-state index contributed by atoms with van der Waals surface area (Å²) in [5.74, 6) is -0.853. The van der Waals surface area contributed by atoms with Gasteiger partial charge in [0.25, 0.3) is 0 Å². The maximum absolute atomic E-state index is 11.1. The lowest BCUT2D eigenvalue weighted by atomic mass is 10.3. The van der Waals surface area contributed by atoms with Crippen LogP contribution in [0.2, 0.25) is 0 Å². The molecule has 1 atom stereocenters. The summed E-state index contributed by atoms with van der Waals surface area (Å²) in [5, 5.41) is 2.41. The maximum atomic E-state index is 11.1. The SMILES string of the molecule is COC(=O)C(C)NC(=O)COCCN. The number of ether oxygens (including phenoxy) is 2. The van der Waals surface area contributed by atoms with Gasteiger partial charge in [-0.2, -0.15) is 0 Å². The largest absolute Gasteiger partial charge is 0.467 e. The van der Waals surface area contributed by atoms with E-state index in [0.717, 1.165) is 0 Å². The van der Waals surface area contributed by atoms with Crippen molar-refractivity contribution < 1.29 is 19.1 Å². The Labute approximate surface area is 82.7 Å². The van der Waals surface area contributed by atoms with Gasteiger partial charge < -0.3 is 20.5 Å². The molecule has 0 aromatic rings. The van der Waals surface area contributed by atoms with Gasteiger partial charge in [-0.05, 0) is 6.92 Å². The van der Waals surface area contributed by atoms with Gasteiger partial charge in [-0.25, -0.2) is 4.79 Å². The molecule has 82 valence electrons. The Morgan fingerprint density at radius 2 is 2.14 bits per heavy atom. The van der Waals surface area contributed by atoms with Crippen LogP contribution in [0.25, 0.3) is 0 Å². The Morgan fingerprint density at radius 3 is 2.64 bits per heavy atom. The number of hydrogen-bond acceptors (Lipinski definition) is 5. The van der Waals surface area contributed by atoms with Crippen molar-refractivity contribution in [3.8, 4) is 0 Å². The van der Waals surface area contributed by atoms with E-state index in [1.54, 1.807) is 0 Å². The van der Waals surface area contributed by atoms with Crippen LogP contribution in [0.15, 0.2) is 0 Å². The molecule has 0 heterocycles. The molecule has 0 bridgehead atoms. The Hall–Kier alpha value is -1.14. The zero-order valence-electron chi connectivity index (χ0n) is 8.41. The number of nitrogens with one attached hydrogen (secondary N) is 1. The van der Waals surface area contributed by atoms with Crippen molar-refractivity contribution in [3.05, 3.63) is 0 Å². The van der Waals surface area contributed by atoms with Gasteiger partial charge in [0.2, 0.25) is 5.91 Å². The third-order valence-corrected chi connectivity index (χ3v) is 1.43. The highest BCUT2D eigenvalue weighted by Crippen LogP contribution is 1.86. The molecule has 0 aromatic carbocycles. The van der Waals surface area contributed by atoms with E-state index in [4.69, 9.17) is 10.5 Å². The second-order valence-corrected chi connectivity index (χ2v) is 2.65. The number of rotatable bonds is 6. The molecule has 0 saturated heterocycles. The highest BCUT2D eigenvalue weighted by atomic mass is 16.5. The van der Waals surface area contributed by atoms with Crippen molar-refractivity contribution in [2.24, 2.45) is 5.73 Å². The number of hydrogen-bond donors (Lipinski definition) is 2. The van der Waals surface area contributed by atoms with Gasteiger partial charge in [0.05, 0.1) is 13.7 Å². The van der Waals surface area contributed by atoms with Crippen LogP contribution in [0.4, 0.5) is 0 Å². The number of nitrogens with two attached hydrogens (primary N) is 1. The van der Waals surface area contributed by atoms with E-state index in [1.165, 1.54) is 14.0 Å². The van der Waals surface area contributed by atoms with Crippen LogP contribution in [0.3, 0.4) is 0 Å². The summed E-state index contributed by atoms with van der Waals surface area (Å²) in [6.45, 7) is 2.12. The monoisotopic (exact) mass is 204 g/mol. The molecular weight excluding hydrogens is 188 g/mol. The van der Waals surface area contributed by atoms with Crippen LogP contribution in [0.5, 0.6) is 0 Å². The number of methoxy groups -OCH3 is 1. The average molecular weight is 204 g/mol. The third kappa shape index (κ3) is 5.50. The quantitative estimate of drug-likeness (QED) is 0.412. The molecule has 1 amide bonds. The van der Waals surface area contributed by atoms with Gasteiger partial charge in [-0.3, -0.25) is 4.79 Å². The summed E-state index contributed by atoms with van der Waals surface area (Å²) in [7, 11) is 1.26. The molecule has 0 aromatic heterocycles. The summed E-state index contributed by atoms with van der Waals surface area (Å²) >= 11 is 0. The van der Waals surface area contributed by atoms with Gasteiger partial charge in [-0.1, -0.05) is 0 Å². The smallest absolute Gasteiger partial charge is 0.328 e. The summed E-state index contributed by atoms with van der Waals surface area (Å²) < 4.78 is 9.29. The molecule has 0 aliphatic rings. The molecule has 0 radical (unpaired) electrons. The van der Waals surface area contributed by atoms with Crippen LogP contribution in [-0.2, 0) is 19.1 Å². The molecule has 0 saturated carbocycles. The first-order valence-electron chi connectivity index (χ1n) is 4.26. The van der Waals surface area contributed by atoms with E-state index in [1.807, 2.05) is 0 Å². The maximum Gasteiger partial charge on any atom is 0.328 e. The fourth-order valence-electron chi connectivity index (χ4n) is 0.767. The molecule has 0 aliphatic heterocycles. The Bertz CT molecular complexity index is 196.